The fraction of sp³-hybridized carbons (Fsp3) is 0.500. The molecule has 1 aromatic rings. The molecule has 53 valence electrons. The maximum Gasteiger partial charge on any atom is 0.0709 e. The predicted octanol–water partition coefficient (Wildman–Crippen LogP) is 1.62. The fourth-order valence-corrected chi connectivity index (χ4v) is 0.765. The van der Waals surface area contributed by atoms with Crippen LogP contribution in [0.3, 0.4) is 0 Å². The van der Waals surface area contributed by atoms with Gasteiger partial charge in [-0.15, -0.1) is 0 Å². The van der Waals surface area contributed by atoms with Crippen LogP contribution >= 0.6 is 0 Å². The Morgan fingerprint density at radius 2 is 2.50 bits per heavy atom. The van der Waals surface area contributed by atoms with Gasteiger partial charge in [0, 0.05) is 6.07 Å². The molecular formula is C8H11N2. The summed E-state index contributed by atoms with van der Waals surface area (Å²) in [6.45, 7) is 2.16. The fourth-order valence-electron chi connectivity index (χ4n) is 0.765. The summed E-state index contributed by atoms with van der Waals surface area (Å²) in [5, 5.41) is 7.67. The number of hydrogen-bond acceptors (Lipinski definition) is 2. The Labute approximate surface area is 61.3 Å². The lowest BCUT2D eigenvalue weighted by molar-refractivity contribution is 0.758. The quantitative estimate of drug-likeness (QED) is 0.629. The van der Waals surface area contributed by atoms with Crippen molar-refractivity contribution in [3.63, 3.8) is 0 Å². The van der Waals surface area contributed by atoms with Gasteiger partial charge in [0.2, 0.25) is 0 Å². The third-order valence-electron chi connectivity index (χ3n) is 1.34. The largest absolute Gasteiger partial charge is 0.159 e. The first-order valence-corrected chi connectivity index (χ1v) is 3.61. The standard InChI is InChI=1S/C8H11N2/c1-2-3-5-8-6-4-7-9-10-8/h4,7H,2-3,5H2,1H3. The molecule has 10 heavy (non-hydrogen) atoms. The molecule has 1 aromatic heterocycles. The van der Waals surface area contributed by atoms with Gasteiger partial charge in [-0.3, -0.25) is 0 Å². The monoisotopic (exact) mass is 135 g/mol. The van der Waals surface area contributed by atoms with Crippen LogP contribution in [0.5, 0.6) is 0 Å². The van der Waals surface area contributed by atoms with Crippen molar-refractivity contribution in [2.75, 3.05) is 0 Å². The molecule has 0 spiro atoms. The van der Waals surface area contributed by atoms with Gasteiger partial charge in [0.1, 0.15) is 0 Å². The SMILES string of the molecule is CCCCc1[c]ccnn1. The van der Waals surface area contributed by atoms with E-state index in [1.807, 2.05) is 0 Å². The van der Waals surface area contributed by atoms with Gasteiger partial charge in [0.15, 0.2) is 0 Å². The van der Waals surface area contributed by atoms with E-state index in [-0.39, 0.29) is 0 Å². The molecule has 1 rings (SSSR count). The second-order valence-electron chi connectivity index (χ2n) is 2.23. The summed E-state index contributed by atoms with van der Waals surface area (Å²) in [5.41, 5.74) is 0.976. The average Bonchev–Trinajstić information content (AvgIpc) is 2.03. The van der Waals surface area contributed by atoms with E-state index in [2.05, 4.69) is 23.2 Å². The van der Waals surface area contributed by atoms with Crippen LogP contribution < -0.4 is 0 Å². The highest BCUT2D eigenvalue weighted by Gasteiger charge is 1.90. The summed E-state index contributed by atoms with van der Waals surface area (Å²) in [7, 11) is 0. The summed E-state index contributed by atoms with van der Waals surface area (Å²) in [4.78, 5) is 0. The van der Waals surface area contributed by atoms with Gasteiger partial charge in [0.05, 0.1) is 11.9 Å². The maximum atomic E-state index is 3.91. The Morgan fingerprint density at radius 3 is 3.10 bits per heavy atom. The van der Waals surface area contributed by atoms with Crippen molar-refractivity contribution in [2.24, 2.45) is 0 Å². The summed E-state index contributed by atoms with van der Waals surface area (Å²) in [6.07, 6.45) is 5.03. The van der Waals surface area contributed by atoms with Gasteiger partial charge in [-0.1, -0.05) is 13.3 Å². The van der Waals surface area contributed by atoms with Crippen LogP contribution in [0.2, 0.25) is 0 Å². The highest BCUT2D eigenvalue weighted by molar-refractivity contribution is 4.96. The van der Waals surface area contributed by atoms with Crippen LogP contribution in [0.15, 0.2) is 12.3 Å². The zero-order valence-corrected chi connectivity index (χ0v) is 6.17. The number of nitrogens with zero attached hydrogens (tertiary/aromatic N) is 2. The molecule has 0 bridgehead atoms. The van der Waals surface area contributed by atoms with Crippen LogP contribution in [0.4, 0.5) is 0 Å². The summed E-state index contributed by atoms with van der Waals surface area (Å²) < 4.78 is 0. The molecule has 0 unspecified atom stereocenters. The van der Waals surface area contributed by atoms with Crippen molar-refractivity contribution in [1.29, 1.82) is 0 Å². The normalized spacial score (nSPS) is 9.70. The first-order chi connectivity index (χ1) is 4.93. The van der Waals surface area contributed by atoms with Crippen molar-refractivity contribution in [3.8, 4) is 0 Å². The summed E-state index contributed by atoms with van der Waals surface area (Å²) in [5.74, 6) is 0. The summed E-state index contributed by atoms with van der Waals surface area (Å²) in [6, 6.07) is 4.83. The Morgan fingerprint density at radius 1 is 1.60 bits per heavy atom. The van der Waals surface area contributed by atoms with Gasteiger partial charge >= 0.3 is 0 Å². The zero-order chi connectivity index (χ0) is 7.23. The van der Waals surface area contributed by atoms with Crippen LogP contribution in [0, 0.1) is 6.07 Å². The van der Waals surface area contributed by atoms with Crippen molar-refractivity contribution in [3.05, 3.63) is 24.0 Å². The smallest absolute Gasteiger partial charge is 0.0709 e. The Bertz CT molecular complexity index is 172. The van der Waals surface area contributed by atoms with Crippen LogP contribution in [0.25, 0.3) is 0 Å². The number of aryl methyl sites for hydroxylation is 1. The molecule has 0 aromatic carbocycles. The van der Waals surface area contributed by atoms with Gasteiger partial charge in [-0.05, 0) is 18.9 Å². The molecule has 0 aliphatic heterocycles. The summed E-state index contributed by atoms with van der Waals surface area (Å²) >= 11 is 0. The molecule has 0 aliphatic carbocycles. The lowest BCUT2D eigenvalue weighted by Crippen LogP contribution is -1.90. The van der Waals surface area contributed by atoms with E-state index in [0.717, 1.165) is 12.1 Å². The van der Waals surface area contributed by atoms with Gasteiger partial charge < -0.3 is 0 Å². The highest BCUT2D eigenvalue weighted by Crippen LogP contribution is 1.97. The third-order valence-corrected chi connectivity index (χ3v) is 1.34. The van der Waals surface area contributed by atoms with E-state index < -0.39 is 0 Å². The van der Waals surface area contributed by atoms with Gasteiger partial charge in [0.25, 0.3) is 0 Å². The molecule has 0 N–H and O–H groups in total. The van der Waals surface area contributed by atoms with E-state index in [0.29, 0.717) is 0 Å². The van der Waals surface area contributed by atoms with Crippen LogP contribution in [-0.2, 0) is 6.42 Å². The Hall–Kier alpha value is -0.920. The van der Waals surface area contributed by atoms with Crippen LogP contribution in [-0.4, -0.2) is 10.2 Å². The van der Waals surface area contributed by atoms with E-state index in [1.165, 1.54) is 12.8 Å². The second-order valence-corrected chi connectivity index (χ2v) is 2.23. The first-order valence-electron chi connectivity index (χ1n) is 3.61. The molecule has 0 fully saturated rings. The molecule has 0 saturated carbocycles. The molecule has 2 nitrogen and oxygen atoms in total. The van der Waals surface area contributed by atoms with Gasteiger partial charge in [-0.2, -0.15) is 10.2 Å². The molecule has 0 atom stereocenters. The topological polar surface area (TPSA) is 25.8 Å². The lowest BCUT2D eigenvalue weighted by atomic mass is 10.2. The molecule has 1 heterocycles. The van der Waals surface area contributed by atoms with E-state index >= 15 is 0 Å². The van der Waals surface area contributed by atoms with Crippen molar-refractivity contribution in [2.45, 2.75) is 26.2 Å². The van der Waals surface area contributed by atoms with E-state index in [1.54, 1.807) is 12.3 Å². The van der Waals surface area contributed by atoms with Crippen molar-refractivity contribution < 1.29 is 0 Å². The van der Waals surface area contributed by atoms with E-state index in [9.17, 15) is 0 Å². The molecular weight excluding hydrogens is 124 g/mol. The highest BCUT2D eigenvalue weighted by atomic mass is 15.1. The minimum atomic E-state index is 0.976. The lowest BCUT2D eigenvalue weighted by Gasteiger charge is -1.93. The average molecular weight is 135 g/mol. The minimum absolute atomic E-state index is 0.976. The Kier molecular flexibility index (Phi) is 2.87. The third kappa shape index (κ3) is 2.13. The molecule has 1 radical (unpaired) electrons. The second kappa shape index (κ2) is 3.99. The molecule has 0 amide bonds. The number of aromatic nitrogens is 2. The minimum Gasteiger partial charge on any atom is -0.159 e. The zero-order valence-electron chi connectivity index (χ0n) is 6.17. The van der Waals surface area contributed by atoms with Gasteiger partial charge in [-0.25, -0.2) is 0 Å². The van der Waals surface area contributed by atoms with Crippen LogP contribution in [0.1, 0.15) is 25.5 Å². The first kappa shape index (κ1) is 7.19. The Balaban J connectivity index is 2.43. The molecule has 0 aliphatic rings. The predicted molar refractivity (Wildman–Crippen MR) is 39.5 cm³/mol. The molecule has 2 heteroatoms. The van der Waals surface area contributed by atoms with E-state index in [4.69, 9.17) is 0 Å². The van der Waals surface area contributed by atoms with Crippen molar-refractivity contribution in [1.82, 2.24) is 10.2 Å². The molecule has 0 saturated heterocycles. The number of unbranched alkanes of at least 4 members (excludes halogenated alkanes) is 1. The maximum absolute atomic E-state index is 3.91. The number of hydrogen-bond donors (Lipinski definition) is 0. The number of rotatable bonds is 3. The van der Waals surface area contributed by atoms with Crippen molar-refractivity contribution >= 4 is 0 Å².